The van der Waals surface area contributed by atoms with Crippen LogP contribution in [0.3, 0.4) is 0 Å². The van der Waals surface area contributed by atoms with Crippen LogP contribution in [0.25, 0.3) is 44.4 Å². The average Bonchev–Trinajstić information content (AvgIpc) is 3.83. The lowest BCUT2D eigenvalue weighted by Crippen LogP contribution is -2.18. The Balaban J connectivity index is 0.979. The summed E-state index contributed by atoms with van der Waals surface area (Å²) >= 11 is 0. The Morgan fingerprint density at radius 3 is 1.86 bits per heavy atom. The predicted octanol–water partition coefficient (Wildman–Crippen LogP) is 16.8. The summed E-state index contributed by atoms with van der Waals surface area (Å²) in [4.78, 5) is 2.51. The van der Waals surface area contributed by atoms with Gasteiger partial charge in [0.2, 0.25) is 0 Å². The first-order chi connectivity index (χ1) is 31.7. The normalized spacial score (nSPS) is 17.2. The van der Waals surface area contributed by atoms with E-state index in [-0.39, 0.29) is 0 Å². The van der Waals surface area contributed by atoms with E-state index in [0.29, 0.717) is 5.92 Å². The van der Waals surface area contributed by atoms with Crippen LogP contribution in [0.15, 0.2) is 253 Å². The molecule has 7 aromatic rings. The van der Waals surface area contributed by atoms with E-state index >= 15 is 0 Å². The van der Waals surface area contributed by atoms with Gasteiger partial charge in [0.1, 0.15) is 0 Å². The van der Waals surface area contributed by atoms with Gasteiger partial charge in [0, 0.05) is 40.3 Å². The molecule has 11 rings (SSSR count). The molecule has 310 valence electrons. The summed E-state index contributed by atoms with van der Waals surface area (Å²) in [7, 11) is 0. The molecule has 0 spiro atoms. The Bertz CT molecular complexity index is 3090. The highest BCUT2D eigenvalue weighted by atomic mass is 15.1. The van der Waals surface area contributed by atoms with E-state index in [1.54, 1.807) is 0 Å². The van der Waals surface area contributed by atoms with Gasteiger partial charge in [-0.05, 0) is 161 Å². The molecule has 0 bridgehead atoms. The van der Waals surface area contributed by atoms with Crippen LogP contribution in [0, 0.1) is 0 Å². The molecule has 1 atom stereocenters. The van der Waals surface area contributed by atoms with E-state index in [0.717, 1.165) is 56.3 Å². The van der Waals surface area contributed by atoms with Crippen molar-refractivity contribution < 1.29 is 0 Å². The number of rotatable bonds is 10. The summed E-state index contributed by atoms with van der Waals surface area (Å²) < 4.78 is 2.30. The third-order valence-corrected chi connectivity index (χ3v) is 13.6. The van der Waals surface area contributed by atoms with Crippen molar-refractivity contribution in [3.05, 3.63) is 264 Å². The number of fused-ring (bicyclic) bond motifs is 1. The molecule has 0 radical (unpaired) electrons. The molecule has 0 N–H and O–H groups in total. The van der Waals surface area contributed by atoms with Crippen LogP contribution in [0.2, 0.25) is 0 Å². The molecule has 1 aromatic heterocycles. The highest BCUT2D eigenvalue weighted by molar-refractivity contribution is 6.01. The summed E-state index contributed by atoms with van der Waals surface area (Å²) in [5.74, 6) is 0.419. The van der Waals surface area contributed by atoms with Gasteiger partial charge in [-0.15, -0.1) is 0 Å². The Hall–Kier alpha value is -7.42. The molecule has 1 heterocycles. The number of nitrogens with zero attached hydrogens (tertiary/aromatic N) is 2. The molecule has 2 nitrogen and oxygen atoms in total. The third kappa shape index (κ3) is 7.93. The topological polar surface area (TPSA) is 8.17 Å². The minimum absolute atomic E-state index is 0.419. The number of hydrogen-bond donors (Lipinski definition) is 0. The van der Waals surface area contributed by atoms with Crippen LogP contribution in [-0.2, 0) is 0 Å². The van der Waals surface area contributed by atoms with Crippen LogP contribution < -0.4 is 4.90 Å². The summed E-state index contributed by atoms with van der Waals surface area (Å²) in [6, 6.07) is 57.8. The summed E-state index contributed by atoms with van der Waals surface area (Å²) in [5, 5.41) is 1.24. The first kappa shape index (κ1) is 39.4. The summed E-state index contributed by atoms with van der Waals surface area (Å²) in [6.07, 6.45) is 33.2. The standard InChI is InChI=1S/C62H52N2/c1-5-14-45(15-6-1)47-24-28-49(29-25-47)51-32-36-55(37-33-51)64(56-38-34-52(35-39-56)50-30-26-48(27-31-50)46-16-7-2-8-17-46)57-40-41-59(61(44-57)53-18-9-3-10-19-53)58-22-13-23-62-60(58)42-43-63(62)54-20-11-4-12-21-54/h1-7,9-16,18-24,26,28-30,32-34,36-38,40-44,47H,8,17,25,27,31,35,39H2. The molecular formula is C62H52N2. The molecule has 2 heteroatoms. The van der Waals surface area contributed by atoms with E-state index in [4.69, 9.17) is 0 Å². The van der Waals surface area contributed by atoms with Gasteiger partial charge in [-0.25, -0.2) is 0 Å². The zero-order chi connectivity index (χ0) is 42.7. The fraction of sp³-hybridized carbons (Fsp3) is 0.129. The zero-order valence-electron chi connectivity index (χ0n) is 36.3. The number of para-hydroxylation sites is 1. The molecule has 0 saturated carbocycles. The molecule has 1 unspecified atom stereocenters. The quantitative estimate of drug-likeness (QED) is 0.133. The molecule has 4 aliphatic rings. The number of hydrogen-bond acceptors (Lipinski definition) is 1. The molecular weight excluding hydrogens is 773 g/mol. The lowest BCUT2D eigenvalue weighted by molar-refractivity contribution is 0.829. The average molecular weight is 825 g/mol. The maximum absolute atomic E-state index is 2.51. The second-order valence-electron chi connectivity index (χ2n) is 17.4. The molecule has 4 aliphatic carbocycles. The maximum atomic E-state index is 2.51. The lowest BCUT2D eigenvalue weighted by atomic mass is 9.84. The lowest BCUT2D eigenvalue weighted by Gasteiger charge is -2.31. The second kappa shape index (κ2) is 17.8. The molecule has 6 aromatic carbocycles. The van der Waals surface area contributed by atoms with E-state index in [1.807, 2.05) is 0 Å². The zero-order valence-corrected chi connectivity index (χ0v) is 36.3. The van der Waals surface area contributed by atoms with Crippen molar-refractivity contribution in [1.82, 2.24) is 4.57 Å². The maximum Gasteiger partial charge on any atom is 0.0534 e. The molecule has 0 saturated heterocycles. The summed E-state index contributed by atoms with van der Waals surface area (Å²) in [6.45, 7) is 0. The van der Waals surface area contributed by atoms with Crippen molar-refractivity contribution in [3.8, 4) is 27.9 Å². The van der Waals surface area contributed by atoms with Gasteiger partial charge in [0.05, 0.1) is 5.52 Å². The number of allylic oxidation sites excluding steroid dienone is 16. The van der Waals surface area contributed by atoms with E-state index in [2.05, 4.69) is 234 Å². The van der Waals surface area contributed by atoms with Crippen LogP contribution in [-0.4, -0.2) is 4.57 Å². The molecule has 0 fully saturated rings. The van der Waals surface area contributed by atoms with Crippen LogP contribution in [0.1, 0.15) is 62.0 Å². The van der Waals surface area contributed by atoms with Gasteiger partial charge in [-0.1, -0.05) is 164 Å². The predicted molar refractivity (Wildman–Crippen MR) is 271 cm³/mol. The monoisotopic (exact) mass is 824 g/mol. The van der Waals surface area contributed by atoms with Gasteiger partial charge >= 0.3 is 0 Å². The van der Waals surface area contributed by atoms with Crippen LogP contribution in [0.4, 0.5) is 11.4 Å². The first-order valence-corrected chi connectivity index (χ1v) is 23.1. The van der Waals surface area contributed by atoms with Crippen molar-refractivity contribution in [2.45, 2.75) is 50.9 Å². The van der Waals surface area contributed by atoms with Crippen molar-refractivity contribution in [2.75, 3.05) is 4.90 Å². The van der Waals surface area contributed by atoms with E-state index in [1.165, 1.54) is 83.5 Å². The Kier molecular flexibility index (Phi) is 10.9. The molecule has 0 aliphatic heterocycles. The third-order valence-electron chi connectivity index (χ3n) is 13.6. The first-order valence-electron chi connectivity index (χ1n) is 23.1. The van der Waals surface area contributed by atoms with Gasteiger partial charge in [-0.3, -0.25) is 0 Å². The van der Waals surface area contributed by atoms with Crippen LogP contribution in [0.5, 0.6) is 0 Å². The number of aromatic nitrogens is 1. The van der Waals surface area contributed by atoms with E-state index < -0.39 is 0 Å². The minimum atomic E-state index is 0.419. The fourth-order valence-corrected chi connectivity index (χ4v) is 10.2. The smallest absolute Gasteiger partial charge is 0.0534 e. The molecule has 0 amide bonds. The highest BCUT2D eigenvalue weighted by Crippen LogP contribution is 2.44. The number of anilines is 2. The summed E-state index contributed by atoms with van der Waals surface area (Å²) in [5.41, 5.74) is 20.7. The van der Waals surface area contributed by atoms with Crippen molar-refractivity contribution in [1.29, 1.82) is 0 Å². The SMILES string of the molecule is C1=CCCC(C2=CC=C(C3=CC=C(N(c4ccc(C5=CCC(c6ccccc6)C=C5)cc4)c4ccc(-c5cccc6c5ccn6-c5ccccc5)c(-c5ccccc5)c4)CC3)CC2)=C1. The van der Waals surface area contributed by atoms with E-state index in [9.17, 15) is 0 Å². The van der Waals surface area contributed by atoms with Gasteiger partial charge < -0.3 is 9.47 Å². The van der Waals surface area contributed by atoms with Crippen LogP contribution >= 0.6 is 0 Å². The van der Waals surface area contributed by atoms with Gasteiger partial charge in [0.25, 0.3) is 0 Å². The van der Waals surface area contributed by atoms with Gasteiger partial charge in [0.15, 0.2) is 0 Å². The number of benzene rings is 6. The minimum Gasteiger partial charge on any atom is -0.317 e. The Morgan fingerprint density at radius 2 is 1.19 bits per heavy atom. The van der Waals surface area contributed by atoms with Gasteiger partial charge in [-0.2, -0.15) is 0 Å². The Labute approximate surface area is 378 Å². The largest absolute Gasteiger partial charge is 0.317 e. The highest BCUT2D eigenvalue weighted by Gasteiger charge is 2.23. The Morgan fingerprint density at radius 1 is 0.500 bits per heavy atom. The second-order valence-corrected chi connectivity index (χ2v) is 17.4. The fourth-order valence-electron chi connectivity index (χ4n) is 10.2. The van der Waals surface area contributed by atoms with Crippen molar-refractivity contribution in [3.63, 3.8) is 0 Å². The molecule has 64 heavy (non-hydrogen) atoms. The van der Waals surface area contributed by atoms with Crippen molar-refractivity contribution in [2.24, 2.45) is 0 Å². The van der Waals surface area contributed by atoms with Crippen molar-refractivity contribution >= 4 is 27.9 Å².